The van der Waals surface area contributed by atoms with Crippen molar-refractivity contribution in [3.05, 3.63) is 69.7 Å². The molecule has 0 radical (unpaired) electrons. The van der Waals surface area contributed by atoms with Crippen LogP contribution in [0.4, 0.5) is 11.4 Å². The first-order valence-corrected chi connectivity index (χ1v) is 13.6. The van der Waals surface area contributed by atoms with Crippen LogP contribution in [0, 0.1) is 13.8 Å². The van der Waals surface area contributed by atoms with Crippen molar-refractivity contribution in [2.75, 3.05) is 30.4 Å². The maximum Gasteiger partial charge on any atom is 0.273 e. The highest BCUT2D eigenvalue weighted by molar-refractivity contribution is 7.09. The van der Waals surface area contributed by atoms with Crippen LogP contribution in [0.5, 0.6) is 5.75 Å². The van der Waals surface area contributed by atoms with Gasteiger partial charge in [0.25, 0.3) is 11.8 Å². The zero-order valence-corrected chi connectivity index (χ0v) is 23.0. The van der Waals surface area contributed by atoms with Gasteiger partial charge in [-0.3, -0.25) is 19.3 Å². The van der Waals surface area contributed by atoms with Crippen LogP contribution in [-0.4, -0.2) is 48.0 Å². The minimum Gasteiger partial charge on any atom is -0.494 e. The first-order chi connectivity index (χ1) is 18.7. The molecular weight excluding hydrogens is 518 g/mol. The second-order valence-electron chi connectivity index (χ2n) is 9.32. The Morgan fingerprint density at radius 3 is 2.56 bits per heavy atom. The molecule has 206 valence electrons. The van der Waals surface area contributed by atoms with Crippen molar-refractivity contribution in [2.24, 2.45) is 5.73 Å². The second kappa shape index (κ2) is 12.3. The van der Waals surface area contributed by atoms with Gasteiger partial charge >= 0.3 is 0 Å². The van der Waals surface area contributed by atoms with Crippen LogP contribution in [0.2, 0.25) is 0 Å². The SMILES string of the molecule is CCOc1ccc([C@@H](C(=O)NC[C@H]2CCCO2)N(C(=O)c2snc(C(N)=O)c2N)c2cccc(C)c2C)cc1. The molecular formula is C28H33N5O5S. The molecule has 3 amide bonds. The quantitative estimate of drug-likeness (QED) is 0.349. The van der Waals surface area contributed by atoms with E-state index in [9.17, 15) is 14.4 Å². The Bertz CT molecular complexity index is 1350. The van der Waals surface area contributed by atoms with Gasteiger partial charge in [-0.05, 0) is 80.0 Å². The summed E-state index contributed by atoms with van der Waals surface area (Å²) in [5.74, 6) is -1.15. The van der Waals surface area contributed by atoms with Gasteiger partial charge in [0.2, 0.25) is 5.91 Å². The lowest BCUT2D eigenvalue weighted by atomic mass is 9.99. The lowest BCUT2D eigenvalue weighted by Gasteiger charge is -2.33. The fourth-order valence-corrected chi connectivity index (χ4v) is 5.29. The Hall–Kier alpha value is -3.96. The van der Waals surface area contributed by atoms with Gasteiger partial charge in [0.1, 0.15) is 16.7 Å². The molecule has 2 atom stereocenters. The number of nitrogens with zero attached hydrogens (tertiary/aromatic N) is 2. The fourth-order valence-electron chi connectivity index (χ4n) is 4.55. The molecule has 4 rings (SSSR count). The van der Waals surface area contributed by atoms with Crippen molar-refractivity contribution in [3.8, 4) is 5.75 Å². The lowest BCUT2D eigenvalue weighted by molar-refractivity contribution is -0.123. The van der Waals surface area contributed by atoms with Crippen molar-refractivity contribution in [1.82, 2.24) is 9.69 Å². The molecule has 0 unspecified atom stereocenters. The molecule has 1 saturated heterocycles. The van der Waals surface area contributed by atoms with E-state index in [1.54, 1.807) is 30.3 Å². The van der Waals surface area contributed by atoms with E-state index in [1.807, 2.05) is 32.9 Å². The van der Waals surface area contributed by atoms with E-state index in [0.29, 0.717) is 36.8 Å². The van der Waals surface area contributed by atoms with Crippen LogP contribution >= 0.6 is 11.5 Å². The van der Waals surface area contributed by atoms with Gasteiger partial charge in [0, 0.05) is 18.8 Å². The summed E-state index contributed by atoms with van der Waals surface area (Å²) < 4.78 is 15.3. The number of aromatic nitrogens is 1. The largest absolute Gasteiger partial charge is 0.494 e. The number of rotatable bonds is 10. The first-order valence-electron chi connectivity index (χ1n) is 12.8. The Morgan fingerprint density at radius 2 is 1.95 bits per heavy atom. The molecule has 10 nitrogen and oxygen atoms in total. The number of hydrogen-bond donors (Lipinski definition) is 3. The molecule has 2 heterocycles. The van der Waals surface area contributed by atoms with Crippen LogP contribution in [0.3, 0.4) is 0 Å². The van der Waals surface area contributed by atoms with E-state index in [0.717, 1.165) is 35.5 Å². The van der Waals surface area contributed by atoms with E-state index in [1.165, 1.54) is 4.90 Å². The van der Waals surface area contributed by atoms with Crippen LogP contribution in [0.15, 0.2) is 42.5 Å². The highest BCUT2D eigenvalue weighted by atomic mass is 32.1. The number of aryl methyl sites for hydroxylation is 1. The number of benzene rings is 2. The average Bonchev–Trinajstić information content (AvgIpc) is 3.58. The number of ether oxygens (including phenoxy) is 2. The Morgan fingerprint density at radius 1 is 1.21 bits per heavy atom. The lowest BCUT2D eigenvalue weighted by Crippen LogP contribution is -2.46. The van der Waals surface area contributed by atoms with Gasteiger partial charge in [-0.15, -0.1) is 0 Å². The summed E-state index contributed by atoms with van der Waals surface area (Å²) in [6.45, 7) is 7.16. The monoisotopic (exact) mass is 551 g/mol. The zero-order valence-electron chi connectivity index (χ0n) is 22.2. The molecule has 5 N–H and O–H groups in total. The number of nitrogen functional groups attached to an aromatic ring is 1. The van der Waals surface area contributed by atoms with Crippen LogP contribution in [0.1, 0.15) is 62.7 Å². The number of hydrogen-bond acceptors (Lipinski definition) is 8. The van der Waals surface area contributed by atoms with E-state index < -0.39 is 17.9 Å². The van der Waals surface area contributed by atoms with Crippen molar-refractivity contribution in [3.63, 3.8) is 0 Å². The van der Waals surface area contributed by atoms with Crippen LogP contribution < -0.4 is 26.4 Å². The predicted molar refractivity (Wildman–Crippen MR) is 150 cm³/mol. The van der Waals surface area contributed by atoms with Crippen molar-refractivity contribution >= 4 is 40.6 Å². The summed E-state index contributed by atoms with van der Waals surface area (Å²) in [6, 6.07) is 11.5. The third-order valence-corrected chi connectivity index (χ3v) is 7.60. The zero-order chi connectivity index (χ0) is 28.1. The molecule has 11 heteroatoms. The van der Waals surface area contributed by atoms with Gasteiger partial charge < -0.3 is 26.3 Å². The summed E-state index contributed by atoms with van der Waals surface area (Å²) in [5, 5.41) is 2.98. The number of carbonyl (C=O) groups excluding carboxylic acids is 3. The fraction of sp³-hybridized carbons (Fsp3) is 0.357. The second-order valence-corrected chi connectivity index (χ2v) is 10.1. The van der Waals surface area contributed by atoms with E-state index in [-0.39, 0.29) is 28.3 Å². The highest BCUT2D eigenvalue weighted by Gasteiger charge is 2.37. The number of primary amides is 1. The molecule has 1 fully saturated rings. The van der Waals surface area contributed by atoms with Gasteiger partial charge in [-0.25, -0.2) is 0 Å². The van der Waals surface area contributed by atoms with Crippen LogP contribution in [0.25, 0.3) is 0 Å². The number of carbonyl (C=O) groups is 3. The Labute approximate surface area is 231 Å². The summed E-state index contributed by atoms with van der Waals surface area (Å²) in [6.07, 6.45) is 1.69. The minimum atomic E-state index is -1.08. The van der Waals surface area contributed by atoms with Gasteiger partial charge in [-0.2, -0.15) is 4.37 Å². The third-order valence-electron chi connectivity index (χ3n) is 6.75. The smallest absolute Gasteiger partial charge is 0.273 e. The molecule has 0 aliphatic carbocycles. The van der Waals surface area contributed by atoms with Gasteiger partial charge in [0.15, 0.2) is 5.69 Å². The molecule has 1 aliphatic rings. The summed E-state index contributed by atoms with van der Waals surface area (Å²) in [4.78, 5) is 41.5. The summed E-state index contributed by atoms with van der Waals surface area (Å²) in [7, 11) is 0. The molecule has 0 saturated carbocycles. The third kappa shape index (κ3) is 6.04. The predicted octanol–water partition coefficient (Wildman–Crippen LogP) is 3.52. The number of amides is 3. The molecule has 1 aromatic heterocycles. The van der Waals surface area contributed by atoms with Crippen molar-refractivity contribution < 1.29 is 23.9 Å². The summed E-state index contributed by atoms with van der Waals surface area (Å²) in [5.41, 5.74) is 14.1. The standard InChI is InChI=1S/C28H33N5O5S/c1-4-37-19-12-10-18(11-13-19)24(27(35)31-15-20-8-6-14-38-20)33(21-9-5-7-16(2)17(21)3)28(36)25-22(29)23(26(30)34)32-39-25/h5,7,9-13,20,24H,4,6,8,14-15,29H2,1-3H3,(H2,30,34)(H,31,35)/t20-,24+/m1/s1. The molecule has 1 aliphatic heterocycles. The van der Waals surface area contributed by atoms with Gasteiger partial charge in [0.05, 0.1) is 18.4 Å². The molecule has 39 heavy (non-hydrogen) atoms. The number of nitrogens with one attached hydrogen (secondary N) is 1. The first kappa shape index (κ1) is 28.1. The molecule has 2 aromatic carbocycles. The van der Waals surface area contributed by atoms with Crippen molar-refractivity contribution in [1.29, 1.82) is 0 Å². The van der Waals surface area contributed by atoms with E-state index in [4.69, 9.17) is 20.9 Å². The molecule has 0 bridgehead atoms. The average molecular weight is 552 g/mol. The van der Waals surface area contributed by atoms with E-state index >= 15 is 0 Å². The maximum absolute atomic E-state index is 14.2. The van der Waals surface area contributed by atoms with E-state index in [2.05, 4.69) is 9.69 Å². The minimum absolute atomic E-state index is 0.0209. The highest BCUT2D eigenvalue weighted by Crippen LogP contribution is 2.36. The summed E-state index contributed by atoms with van der Waals surface area (Å²) >= 11 is 0.774. The molecule has 3 aromatic rings. The van der Waals surface area contributed by atoms with Gasteiger partial charge in [-0.1, -0.05) is 24.3 Å². The Balaban J connectivity index is 1.84. The van der Waals surface area contributed by atoms with Crippen molar-refractivity contribution in [2.45, 2.75) is 45.8 Å². The maximum atomic E-state index is 14.2. The molecule has 0 spiro atoms. The normalized spacial score (nSPS) is 15.5. The number of nitrogens with two attached hydrogens (primary N) is 2. The topological polar surface area (TPSA) is 150 Å². The Kier molecular flexibility index (Phi) is 8.82. The van der Waals surface area contributed by atoms with Crippen LogP contribution in [-0.2, 0) is 9.53 Å². The number of anilines is 2.